The van der Waals surface area contributed by atoms with Gasteiger partial charge in [-0.05, 0) is 37.3 Å². The van der Waals surface area contributed by atoms with Gasteiger partial charge in [0.25, 0.3) is 0 Å². The lowest BCUT2D eigenvalue weighted by Crippen LogP contribution is -2.02. The van der Waals surface area contributed by atoms with Gasteiger partial charge in [0, 0.05) is 21.7 Å². The minimum Gasteiger partial charge on any atom is -0.275 e. The molecule has 0 radical (unpaired) electrons. The Balaban J connectivity index is 2.24. The van der Waals surface area contributed by atoms with E-state index in [0.717, 1.165) is 12.1 Å². The molecule has 104 valence electrons. The first-order valence-corrected chi connectivity index (χ1v) is 6.44. The molecular formula is C14H10Cl2F2N2. The van der Waals surface area contributed by atoms with E-state index in [1.165, 1.54) is 6.07 Å². The lowest BCUT2D eigenvalue weighted by Gasteiger charge is -2.06. The molecule has 2 aromatic rings. The molecule has 1 N–H and O–H groups in total. The molecule has 6 heteroatoms. The highest BCUT2D eigenvalue weighted by molar-refractivity contribution is 6.36. The van der Waals surface area contributed by atoms with Crippen molar-refractivity contribution in [2.75, 3.05) is 5.43 Å². The summed E-state index contributed by atoms with van der Waals surface area (Å²) in [6.45, 7) is 1.70. The monoisotopic (exact) mass is 314 g/mol. The fraction of sp³-hybridized carbons (Fsp3) is 0.0714. The van der Waals surface area contributed by atoms with Crippen molar-refractivity contribution in [1.82, 2.24) is 0 Å². The minimum atomic E-state index is -0.723. The summed E-state index contributed by atoms with van der Waals surface area (Å²) < 4.78 is 26.2. The standard InChI is InChI=1S/C14H10Cl2F2N2/c1-8(11-6-9(15)2-4-12(11)16)19-20-14-5-3-10(17)7-13(14)18/h2-7,20H,1H3. The van der Waals surface area contributed by atoms with Gasteiger partial charge in [0.1, 0.15) is 5.82 Å². The van der Waals surface area contributed by atoms with Crippen LogP contribution < -0.4 is 5.43 Å². The lowest BCUT2D eigenvalue weighted by atomic mass is 10.1. The second-order valence-electron chi connectivity index (χ2n) is 4.06. The molecule has 0 spiro atoms. The van der Waals surface area contributed by atoms with Crippen LogP contribution in [-0.4, -0.2) is 5.71 Å². The Kier molecular flexibility index (Phi) is 4.57. The summed E-state index contributed by atoms with van der Waals surface area (Å²) in [6.07, 6.45) is 0. The van der Waals surface area contributed by atoms with Crippen LogP contribution in [-0.2, 0) is 0 Å². The molecule has 0 unspecified atom stereocenters. The smallest absolute Gasteiger partial charge is 0.151 e. The van der Waals surface area contributed by atoms with Crippen molar-refractivity contribution < 1.29 is 8.78 Å². The molecule has 2 aromatic carbocycles. The molecule has 2 nitrogen and oxygen atoms in total. The maximum Gasteiger partial charge on any atom is 0.151 e. The highest BCUT2D eigenvalue weighted by Crippen LogP contribution is 2.22. The van der Waals surface area contributed by atoms with Crippen molar-refractivity contribution in [1.29, 1.82) is 0 Å². The van der Waals surface area contributed by atoms with Gasteiger partial charge in [0.15, 0.2) is 5.82 Å². The lowest BCUT2D eigenvalue weighted by molar-refractivity contribution is 0.585. The van der Waals surface area contributed by atoms with Gasteiger partial charge < -0.3 is 0 Å². The number of nitrogens with one attached hydrogen (secondary N) is 1. The normalized spacial score (nSPS) is 11.6. The Bertz CT molecular complexity index is 672. The maximum atomic E-state index is 13.4. The molecule has 0 aliphatic carbocycles. The third-order valence-corrected chi connectivity index (χ3v) is 3.16. The molecule has 20 heavy (non-hydrogen) atoms. The first-order valence-electron chi connectivity index (χ1n) is 5.68. The molecule has 0 saturated carbocycles. The van der Waals surface area contributed by atoms with E-state index in [2.05, 4.69) is 10.5 Å². The highest BCUT2D eigenvalue weighted by atomic mass is 35.5. The maximum absolute atomic E-state index is 13.4. The van der Waals surface area contributed by atoms with Gasteiger partial charge in [-0.25, -0.2) is 8.78 Å². The quantitative estimate of drug-likeness (QED) is 0.618. The van der Waals surface area contributed by atoms with Crippen LogP contribution in [0.1, 0.15) is 12.5 Å². The number of hydrogen-bond acceptors (Lipinski definition) is 2. The Morgan fingerprint density at radius 1 is 1.10 bits per heavy atom. The topological polar surface area (TPSA) is 24.4 Å². The molecule has 0 aliphatic heterocycles. The number of hydrazone groups is 1. The Hall–Kier alpha value is -1.65. The van der Waals surface area contributed by atoms with Crippen LogP contribution in [0.5, 0.6) is 0 Å². The van der Waals surface area contributed by atoms with Crippen molar-refractivity contribution in [3.8, 4) is 0 Å². The minimum absolute atomic E-state index is 0.0731. The van der Waals surface area contributed by atoms with Gasteiger partial charge >= 0.3 is 0 Å². The van der Waals surface area contributed by atoms with Crippen LogP contribution in [0.2, 0.25) is 10.0 Å². The Morgan fingerprint density at radius 2 is 1.85 bits per heavy atom. The third kappa shape index (κ3) is 3.46. The summed E-state index contributed by atoms with van der Waals surface area (Å²) in [6, 6.07) is 8.15. The average molecular weight is 315 g/mol. The molecule has 0 aliphatic rings. The number of hydrogen-bond donors (Lipinski definition) is 1. The van der Waals surface area contributed by atoms with Gasteiger partial charge in [-0.2, -0.15) is 5.10 Å². The molecule has 0 bridgehead atoms. The summed E-state index contributed by atoms with van der Waals surface area (Å²) in [4.78, 5) is 0. The summed E-state index contributed by atoms with van der Waals surface area (Å²) >= 11 is 11.9. The van der Waals surface area contributed by atoms with Crippen LogP contribution in [0.25, 0.3) is 0 Å². The summed E-state index contributed by atoms with van der Waals surface area (Å²) in [5, 5.41) is 5.02. The number of nitrogens with zero attached hydrogens (tertiary/aromatic N) is 1. The van der Waals surface area contributed by atoms with E-state index in [4.69, 9.17) is 23.2 Å². The van der Waals surface area contributed by atoms with Crippen molar-refractivity contribution in [2.45, 2.75) is 6.92 Å². The zero-order valence-corrected chi connectivity index (χ0v) is 11.9. The van der Waals surface area contributed by atoms with E-state index in [9.17, 15) is 8.78 Å². The van der Waals surface area contributed by atoms with E-state index in [1.54, 1.807) is 25.1 Å². The van der Waals surface area contributed by atoms with E-state index in [0.29, 0.717) is 21.3 Å². The SMILES string of the molecule is CC(=NNc1ccc(F)cc1F)c1cc(Cl)ccc1Cl. The number of rotatable bonds is 3. The van der Waals surface area contributed by atoms with Crippen molar-refractivity contribution >= 4 is 34.6 Å². The Labute approximate surface area is 125 Å². The van der Waals surface area contributed by atoms with Crippen molar-refractivity contribution in [3.05, 3.63) is 63.6 Å². The third-order valence-electron chi connectivity index (χ3n) is 2.59. The fourth-order valence-corrected chi connectivity index (χ4v) is 1.99. The molecule has 0 aromatic heterocycles. The van der Waals surface area contributed by atoms with Crippen LogP contribution in [0.3, 0.4) is 0 Å². The van der Waals surface area contributed by atoms with Gasteiger partial charge in [-0.1, -0.05) is 23.2 Å². The predicted molar refractivity (Wildman–Crippen MR) is 78.7 cm³/mol. The van der Waals surface area contributed by atoms with E-state index >= 15 is 0 Å². The number of halogens is 4. The second-order valence-corrected chi connectivity index (χ2v) is 4.90. The molecule has 0 heterocycles. The van der Waals surface area contributed by atoms with Crippen LogP contribution in [0, 0.1) is 11.6 Å². The molecular weight excluding hydrogens is 305 g/mol. The Morgan fingerprint density at radius 3 is 2.55 bits per heavy atom. The van der Waals surface area contributed by atoms with Gasteiger partial charge in [0.2, 0.25) is 0 Å². The van der Waals surface area contributed by atoms with Gasteiger partial charge in [-0.3, -0.25) is 5.43 Å². The molecule has 0 amide bonds. The first-order chi connectivity index (χ1) is 9.47. The number of anilines is 1. The van der Waals surface area contributed by atoms with Gasteiger partial charge in [0.05, 0.1) is 11.4 Å². The van der Waals surface area contributed by atoms with Crippen LogP contribution >= 0.6 is 23.2 Å². The second kappa shape index (κ2) is 6.20. The van der Waals surface area contributed by atoms with Crippen molar-refractivity contribution in [3.63, 3.8) is 0 Å². The van der Waals surface area contributed by atoms with Crippen LogP contribution in [0.4, 0.5) is 14.5 Å². The number of benzene rings is 2. The van der Waals surface area contributed by atoms with E-state index < -0.39 is 11.6 Å². The first kappa shape index (κ1) is 14.8. The van der Waals surface area contributed by atoms with E-state index in [1.807, 2.05) is 0 Å². The van der Waals surface area contributed by atoms with Gasteiger partial charge in [-0.15, -0.1) is 0 Å². The van der Waals surface area contributed by atoms with E-state index in [-0.39, 0.29) is 5.69 Å². The summed E-state index contributed by atoms with van der Waals surface area (Å²) in [5.41, 5.74) is 3.77. The average Bonchev–Trinajstić information content (AvgIpc) is 2.40. The highest BCUT2D eigenvalue weighted by Gasteiger charge is 2.06. The predicted octanol–water partition coefficient (Wildman–Crippen LogP) is 5.11. The van der Waals surface area contributed by atoms with Crippen LogP contribution in [0.15, 0.2) is 41.5 Å². The summed E-state index contributed by atoms with van der Waals surface area (Å²) in [7, 11) is 0. The molecule has 0 saturated heterocycles. The zero-order chi connectivity index (χ0) is 14.7. The largest absolute Gasteiger partial charge is 0.275 e. The van der Waals surface area contributed by atoms with Crippen molar-refractivity contribution in [2.24, 2.45) is 5.10 Å². The molecule has 0 fully saturated rings. The zero-order valence-electron chi connectivity index (χ0n) is 10.4. The summed E-state index contributed by atoms with van der Waals surface area (Å²) in [5.74, 6) is -1.37. The fourth-order valence-electron chi connectivity index (χ4n) is 1.56. The molecule has 0 atom stereocenters. The molecule has 2 rings (SSSR count).